The fourth-order valence-electron chi connectivity index (χ4n) is 5.39. The van der Waals surface area contributed by atoms with E-state index in [0.29, 0.717) is 42.3 Å². The summed E-state index contributed by atoms with van der Waals surface area (Å²) in [5.41, 5.74) is 3.61. The number of nitrogens with zero attached hydrogens (tertiary/aromatic N) is 3. The van der Waals surface area contributed by atoms with Gasteiger partial charge in [0.2, 0.25) is 5.78 Å². The highest BCUT2D eigenvalue weighted by atomic mass is 32.2. The standard InChI is InChI=1S/C28H32N4O6S.CH2O2/c1-2-38-21-7-8-22-25(15-21)39(34,35)18-23-26(28(33)24-17-37-12-9-29-24)30-32(27(22)23)20-5-3-19(4-6-20)16-31-10-13-36-14-11-31;2-1-3/h3-8,15,24,29H,2,9-14,16-18H2,1H3;1H,(H,2,3). The second kappa shape index (κ2) is 13.1. The Morgan fingerprint density at radius 1 is 1.14 bits per heavy atom. The molecule has 42 heavy (non-hydrogen) atoms. The van der Waals surface area contributed by atoms with Crippen molar-refractivity contribution in [2.24, 2.45) is 0 Å². The molecule has 2 N–H and O–H groups in total. The van der Waals surface area contributed by atoms with Crippen molar-refractivity contribution in [1.29, 1.82) is 0 Å². The number of fused-ring (bicyclic) bond motifs is 3. The highest BCUT2D eigenvalue weighted by molar-refractivity contribution is 7.91. The Bertz CT molecular complexity index is 1530. The molecule has 224 valence electrons. The lowest BCUT2D eigenvalue weighted by atomic mass is 10.0. The van der Waals surface area contributed by atoms with E-state index in [4.69, 9.17) is 29.2 Å². The number of hydrogen-bond donors (Lipinski definition) is 2. The minimum Gasteiger partial charge on any atom is -0.494 e. The number of rotatable bonds is 7. The van der Waals surface area contributed by atoms with Crippen LogP contribution in [0.4, 0.5) is 0 Å². The molecule has 0 amide bonds. The summed E-state index contributed by atoms with van der Waals surface area (Å²) >= 11 is 0. The van der Waals surface area contributed by atoms with Gasteiger partial charge in [-0.1, -0.05) is 12.1 Å². The van der Waals surface area contributed by atoms with Crippen LogP contribution in [-0.4, -0.2) is 99.2 Å². The van der Waals surface area contributed by atoms with E-state index in [1.54, 1.807) is 22.9 Å². The second-order valence-corrected chi connectivity index (χ2v) is 12.0. The van der Waals surface area contributed by atoms with Crippen LogP contribution >= 0.6 is 0 Å². The van der Waals surface area contributed by atoms with Crippen molar-refractivity contribution in [3.63, 3.8) is 0 Å². The van der Waals surface area contributed by atoms with E-state index in [0.717, 1.165) is 44.1 Å². The average Bonchev–Trinajstić information content (AvgIpc) is 3.37. The summed E-state index contributed by atoms with van der Waals surface area (Å²) in [6, 6.07) is 12.5. The fourth-order valence-corrected chi connectivity index (χ4v) is 6.99. The number of morpholine rings is 2. The molecule has 3 aliphatic rings. The maximum atomic E-state index is 13.6. The number of sulfone groups is 1. The number of aromatic nitrogens is 2. The summed E-state index contributed by atoms with van der Waals surface area (Å²) in [6.07, 6.45) is 0. The van der Waals surface area contributed by atoms with Gasteiger partial charge in [0.15, 0.2) is 9.84 Å². The lowest BCUT2D eigenvalue weighted by molar-refractivity contribution is -0.122. The molecule has 2 aromatic carbocycles. The molecule has 2 saturated heterocycles. The first-order valence-electron chi connectivity index (χ1n) is 13.8. The predicted octanol–water partition coefficient (Wildman–Crippen LogP) is 1.93. The summed E-state index contributed by atoms with van der Waals surface area (Å²) in [6.45, 7) is 7.41. The van der Waals surface area contributed by atoms with Crippen molar-refractivity contribution in [3.8, 4) is 22.7 Å². The van der Waals surface area contributed by atoms with Crippen molar-refractivity contribution in [2.45, 2.75) is 30.2 Å². The van der Waals surface area contributed by atoms with Crippen LogP contribution in [0.25, 0.3) is 16.9 Å². The van der Waals surface area contributed by atoms with Crippen molar-refractivity contribution in [1.82, 2.24) is 20.0 Å². The summed E-state index contributed by atoms with van der Waals surface area (Å²) in [5.74, 6) is -0.0887. The van der Waals surface area contributed by atoms with Gasteiger partial charge in [-0.2, -0.15) is 5.10 Å². The van der Waals surface area contributed by atoms with Gasteiger partial charge in [0.1, 0.15) is 11.4 Å². The van der Waals surface area contributed by atoms with Crippen molar-refractivity contribution in [3.05, 3.63) is 59.3 Å². The number of carboxylic acid groups (broad SMARTS) is 1. The summed E-state index contributed by atoms with van der Waals surface area (Å²) in [7, 11) is -3.73. The van der Waals surface area contributed by atoms with Crippen LogP contribution in [0.2, 0.25) is 0 Å². The SMILES string of the molecule is CCOc1ccc2c(c1)S(=O)(=O)Cc1c(C(=O)C3COCCN3)nn(-c3ccc(CN4CCOCC4)cc3)c1-2.O=CO. The van der Waals surface area contributed by atoms with E-state index in [9.17, 15) is 13.2 Å². The zero-order valence-corrected chi connectivity index (χ0v) is 24.1. The molecule has 2 fully saturated rings. The normalized spacial score (nSPS) is 19.5. The maximum absolute atomic E-state index is 13.6. The lowest BCUT2D eigenvalue weighted by Crippen LogP contribution is -2.46. The van der Waals surface area contributed by atoms with Crippen LogP contribution < -0.4 is 10.1 Å². The van der Waals surface area contributed by atoms with E-state index >= 15 is 0 Å². The van der Waals surface area contributed by atoms with Gasteiger partial charge in [0, 0.05) is 37.3 Å². The van der Waals surface area contributed by atoms with E-state index in [1.807, 2.05) is 19.1 Å². The molecule has 1 aromatic heterocycles. The van der Waals surface area contributed by atoms with Crippen LogP contribution in [0, 0.1) is 0 Å². The van der Waals surface area contributed by atoms with E-state index < -0.39 is 15.9 Å². The molecule has 6 rings (SSSR count). The first kappa shape index (κ1) is 29.9. The number of nitrogens with one attached hydrogen (secondary N) is 1. The van der Waals surface area contributed by atoms with Crippen molar-refractivity contribution >= 4 is 22.1 Å². The molecule has 4 heterocycles. The molecule has 13 heteroatoms. The van der Waals surface area contributed by atoms with Gasteiger partial charge in [-0.25, -0.2) is 13.1 Å². The molecule has 0 aliphatic carbocycles. The van der Waals surface area contributed by atoms with Crippen molar-refractivity contribution < 1.29 is 37.3 Å². The second-order valence-electron chi connectivity index (χ2n) is 10.0. The zero-order valence-electron chi connectivity index (χ0n) is 23.3. The molecule has 3 aliphatic heterocycles. The van der Waals surface area contributed by atoms with Gasteiger partial charge in [-0.15, -0.1) is 0 Å². The Balaban J connectivity index is 0.00000113. The quantitative estimate of drug-likeness (QED) is 0.303. The smallest absolute Gasteiger partial charge is 0.290 e. The largest absolute Gasteiger partial charge is 0.494 e. The lowest BCUT2D eigenvalue weighted by Gasteiger charge is -2.26. The van der Waals surface area contributed by atoms with Crippen LogP contribution in [0.5, 0.6) is 5.75 Å². The Kier molecular flexibility index (Phi) is 9.34. The molecule has 0 radical (unpaired) electrons. The van der Waals surface area contributed by atoms with Gasteiger partial charge < -0.3 is 24.6 Å². The molecular weight excluding hydrogens is 564 g/mol. The highest BCUT2D eigenvalue weighted by Gasteiger charge is 2.38. The van der Waals surface area contributed by atoms with Gasteiger partial charge in [-0.3, -0.25) is 14.5 Å². The molecule has 3 aromatic rings. The molecular formula is C29H34N4O8S. The molecule has 12 nitrogen and oxygen atoms in total. The summed E-state index contributed by atoms with van der Waals surface area (Å²) in [4.78, 5) is 24.5. The number of Topliss-reactive ketones (excluding diaryl/α,β-unsaturated/α-hetero) is 1. The maximum Gasteiger partial charge on any atom is 0.290 e. The van der Waals surface area contributed by atoms with E-state index in [1.165, 1.54) is 0 Å². The Hall–Kier alpha value is -3.62. The number of carbonyl (C=O) groups excluding carboxylic acids is 1. The number of carbonyl (C=O) groups is 2. The van der Waals surface area contributed by atoms with Crippen LogP contribution in [-0.2, 0) is 36.4 Å². The third-order valence-electron chi connectivity index (χ3n) is 7.33. The molecule has 0 saturated carbocycles. The molecule has 1 unspecified atom stereocenters. The minimum atomic E-state index is -3.73. The zero-order chi connectivity index (χ0) is 29.7. The first-order valence-corrected chi connectivity index (χ1v) is 15.5. The third-order valence-corrected chi connectivity index (χ3v) is 9.01. The highest BCUT2D eigenvalue weighted by Crippen LogP contribution is 2.42. The fraction of sp³-hybridized carbons (Fsp3) is 0.414. The Morgan fingerprint density at radius 3 is 2.55 bits per heavy atom. The van der Waals surface area contributed by atoms with Crippen LogP contribution in [0.3, 0.4) is 0 Å². The number of ether oxygens (including phenoxy) is 3. The van der Waals surface area contributed by atoms with Crippen LogP contribution in [0.1, 0.15) is 28.5 Å². The van der Waals surface area contributed by atoms with Gasteiger partial charge >= 0.3 is 0 Å². The van der Waals surface area contributed by atoms with Gasteiger partial charge in [-0.05, 0) is 42.8 Å². The monoisotopic (exact) mass is 598 g/mol. The molecule has 0 bridgehead atoms. The topological polar surface area (TPSA) is 149 Å². The van der Waals surface area contributed by atoms with Crippen LogP contribution in [0.15, 0.2) is 47.4 Å². The van der Waals surface area contributed by atoms with Crippen molar-refractivity contribution in [2.75, 3.05) is 52.7 Å². The number of benzene rings is 2. The van der Waals surface area contributed by atoms with Gasteiger partial charge in [0.05, 0.1) is 61.1 Å². The Labute approximate surface area is 244 Å². The Morgan fingerprint density at radius 2 is 1.88 bits per heavy atom. The van der Waals surface area contributed by atoms with E-state index in [2.05, 4.69) is 22.3 Å². The third kappa shape index (κ3) is 6.25. The molecule has 1 atom stereocenters. The van der Waals surface area contributed by atoms with Gasteiger partial charge in [0.25, 0.3) is 6.47 Å². The minimum absolute atomic E-state index is 0.161. The molecule has 0 spiro atoms. The average molecular weight is 599 g/mol. The first-order chi connectivity index (χ1) is 20.4. The van der Waals surface area contributed by atoms with E-state index in [-0.39, 0.29) is 35.2 Å². The number of hydrogen-bond acceptors (Lipinski definition) is 10. The summed E-state index contributed by atoms with van der Waals surface area (Å²) in [5, 5.41) is 14.8. The number of ketones is 1. The predicted molar refractivity (Wildman–Crippen MR) is 153 cm³/mol. The summed E-state index contributed by atoms with van der Waals surface area (Å²) < 4.78 is 45.2.